The Morgan fingerprint density at radius 3 is 2.47 bits per heavy atom. The number of hydrogen-bond donors (Lipinski definition) is 3. The van der Waals surface area contributed by atoms with Crippen LogP contribution in [-0.4, -0.2) is 35.5 Å². The zero-order valence-corrected chi connectivity index (χ0v) is 19.0. The molecule has 2 aromatic carbocycles. The van der Waals surface area contributed by atoms with E-state index in [0.29, 0.717) is 25.1 Å². The van der Waals surface area contributed by atoms with Crippen LogP contribution in [0.3, 0.4) is 0 Å². The zero-order chi connectivity index (χ0) is 24.2. The second kappa shape index (κ2) is 12.9. The lowest BCUT2D eigenvalue weighted by Crippen LogP contribution is -2.45. The standard InChI is InChI=1S/C26H30N4O4/c27-25(32)23(17-21-15-14-20-11-6-7-12-22(20)29-21)30-24(31)13-5-2-8-16-28-26(33)34-18-19-9-3-1-4-10-19/h1,3-4,6-7,9-12,14-15,23H,2,5,8,13,16-18H2,(H2,27,32)(H,28,33)(H,30,31)/t23-/m0/s1. The van der Waals surface area contributed by atoms with E-state index in [4.69, 9.17) is 10.5 Å². The summed E-state index contributed by atoms with van der Waals surface area (Å²) >= 11 is 0. The fourth-order valence-corrected chi connectivity index (χ4v) is 3.47. The van der Waals surface area contributed by atoms with E-state index in [9.17, 15) is 14.4 Å². The van der Waals surface area contributed by atoms with Gasteiger partial charge in [0, 0.05) is 30.5 Å². The number of rotatable bonds is 12. The molecule has 0 aliphatic carbocycles. The first-order chi connectivity index (χ1) is 16.5. The number of carbonyl (C=O) groups excluding carboxylic acids is 3. The summed E-state index contributed by atoms with van der Waals surface area (Å²) < 4.78 is 5.15. The molecular weight excluding hydrogens is 432 g/mol. The van der Waals surface area contributed by atoms with Crippen LogP contribution in [0.15, 0.2) is 66.7 Å². The highest BCUT2D eigenvalue weighted by molar-refractivity contribution is 5.87. The van der Waals surface area contributed by atoms with Gasteiger partial charge in [0.25, 0.3) is 0 Å². The van der Waals surface area contributed by atoms with Gasteiger partial charge in [-0.25, -0.2) is 4.79 Å². The molecule has 1 aromatic heterocycles. The average molecular weight is 463 g/mol. The van der Waals surface area contributed by atoms with Gasteiger partial charge in [-0.15, -0.1) is 0 Å². The van der Waals surface area contributed by atoms with Gasteiger partial charge < -0.3 is 21.1 Å². The number of amides is 3. The summed E-state index contributed by atoms with van der Waals surface area (Å²) in [6, 6.07) is 20.1. The van der Waals surface area contributed by atoms with Crippen molar-refractivity contribution < 1.29 is 19.1 Å². The molecule has 34 heavy (non-hydrogen) atoms. The molecule has 0 saturated heterocycles. The molecule has 3 amide bonds. The number of para-hydroxylation sites is 1. The van der Waals surface area contributed by atoms with Crippen molar-refractivity contribution in [1.29, 1.82) is 0 Å². The van der Waals surface area contributed by atoms with Crippen LogP contribution >= 0.6 is 0 Å². The third-order valence-corrected chi connectivity index (χ3v) is 5.31. The lowest BCUT2D eigenvalue weighted by molar-refractivity contribution is -0.127. The van der Waals surface area contributed by atoms with E-state index >= 15 is 0 Å². The molecule has 1 atom stereocenters. The van der Waals surface area contributed by atoms with Crippen molar-refractivity contribution in [3.05, 3.63) is 78.0 Å². The van der Waals surface area contributed by atoms with Crippen LogP contribution in [-0.2, 0) is 27.4 Å². The number of hydrogen-bond acceptors (Lipinski definition) is 5. The molecule has 0 unspecified atom stereocenters. The Bertz CT molecular complexity index is 1100. The minimum Gasteiger partial charge on any atom is -0.445 e. The second-order valence-corrected chi connectivity index (χ2v) is 8.02. The molecule has 0 bridgehead atoms. The van der Waals surface area contributed by atoms with Crippen molar-refractivity contribution in [2.75, 3.05) is 6.54 Å². The van der Waals surface area contributed by atoms with Crippen molar-refractivity contribution in [3.63, 3.8) is 0 Å². The summed E-state index contributed by atoms with van der Waals surface area (Å²) in [7, 11) is 0. The van der Waals surface area contributed by atoms with Crippen LogP contribution in [0.2, 0.25) is 0 Å². The largest absolute Gasteiger partial charge is 0.445 e. The number of nitrogens with one attached hydrogen (secondary N) is 2. The van der Waals surface area contributed by atoms with E-state index in [1.54, 1.807) is 0 Å². The van der Waals surface area contributed by atoms with Crippen molar-refractivity contribution in [3.8, 4) is 0 Å². The Hall–Kier alpha value is -3.94. The predicted molar refractivity (Wildman–Crippen MR) is 130 cm³/mol. The third kappa shape index (κ3) is 8.20. The maximum atomic E-state index is 12.3. The third-order valence-electron chi connectivity index (χ3n) is 5.31. The van der Waals surface area contributed by atoms with Crippen LogP contribution in [0.25, 0.3) is 10.9 Å². The minimum absolute atomic E-state index is 0.225. The normalized spacial score (nSPS) is 11.5. The van der Waals surface area contributed by atoms with Gasteiger partial charge in [-0.2, -0.15) is 0 Å². The quantitative estimate of drug-likeness (QED) is 0.357. The summed E-state index contributed by atoms with van der Waals surface area (Å²) in [6.07, 6.45) is 2.14. The van der Waals surface area contributed by atoms with Gasteiger partial charge in [0.2, 0.25) is 11.8 Å². The van der Waals surface area contributed by atoms with Gasteiger partial charge in [-0.1, -0.05) is 61.0 Å². The van der Waals surface area contributed by atoms with E-state index in [2.05, 4.69) is 15.6 Å². The molecule has 4 N–H and O–H groups in total. The molecule has 178 valence electrons. The van der Waals surface area contributed by atoms with Crippen LogP contribution < -0.4 is 16.4 Å². The fourth-order valence-electron chi connectivity index (χ4n) is 3.47. The molecule has 3 aromatic rings. The number of unbranched alkanes of at least 4 members (excludes halogenated alkanes) is 2. The number of fused-ring (bicyclic) bond motifs is 1. The zero-order valence-electron chi connectivity index (χ0n) is 19.0. The van der Waals surface area contributed by atoms with Gasteiger partial charge >= 0.3 is 6.09 Å². The van der Waals surface area contributed by atoms with Gasteiger partial charge in [-0.05, 0) is 30.5 Å². The SMILES string of the molecule is NC(=O)[C@H](Cc1ccc2ccccc2n1)NC(=O)CCCCCNC(=O)OCc1ccccc1. The van der Waals surface area contributed by atoms with Crippen LogP contribution in [0.4, 0.5) is 4.79 Å². The van der Waals surface area contributed by atoms with Gasteiger partial charge in [0.15, 0.2) is 0 Å². The molecule has 0 radical (unpaired) electrons. The number of primary amides is 1. The van der Waals surface area contributed by atoms with E-state index in [1.807, 2.05) is 66.7 Å². The Labute approximate surface area is 198 Å². The Morgan fingerprint density at radius 1 is 0.912 bits per heavy atom. The molecule has 0 spiro atoms. The average Bonchev–Trinajstić information content (AvgIpc) is 2.85. The highest BCUT2D eigenvalue weighted by Gasteiger charge is 2.19. The number of nitrogens with zero attached hydrogens (tertiary/aromatic N) is 1. The van der Waals surface area contributed by atoms with Gasteiger partial charge in [0.05, 0.1) is 5.52 Å². The second-order valence-electron chi connectivity index (χ2n) is 8.02. The molecule has 0 saturated carbocycles. The maximum absolute atomic E-state index is 12.3. The molecule has 0 fully saturated rings. The monoisotopic (exact) mass is 462 g/mol. The lowest BCUT2D eigenvalue weighted by atomic mass is 10.1. The van der Waals surface area contributed by atoms with Crippen molar-refractivity contribution in [2.45, 2.75) is 44.8 Å². The van der Waals surface area contributed by atoms with Crippen molar-refractivity contribution >= 4 is 28.8 Å². The summed E-state index contributed by atoms with van der Waals surface area (Å²) in [4.78, 5) is 40.4. The molecule has 8 heteroatoms. The minimum atomic E-state index is -0.817. The number of benzene rings is 2. The molecular formula is C26H30N4O4. The number of ether oxygens (including phenoxy) is 1. The van der Waals surface area contributed by atoms with Gasteiger partial charge in [-0.3, -0.25) is 14.6 Å². The first-order valence-electron chi connectivity index (χ1n) is 11.4. The van der Waals surface area contributed by atoms with Crippen molar-refractivity contribution in [1.82, 2.24) is 15.6 Å². The van der Waals surface area contributed by atoms with Crippen molar-refractivity contribution in [2.24, 2.45) is 5.73 Å². The predicted octanol–water partition coefficient (Wildman–Crippen LogP) is 3.23. The lowest BCUT2D eigenvalue weighted by Gasteiger charge is -2.15. The number of aromatic nitrogens is 1. The first kappa shape index (κ1) is 24.7. The summed E-state index contributed by atoms with van der Waals surface area (Å²) in [6.45, 7) is 0.690. The first-order valence-corrected chi connectivity index (χ1v) is 11.4. The summed E-state index contributed by atoms with van der Waals surface area (Å²) in [5, 5.41) is 6.41. The van der Waals surface area contributed by atoms with Gasteiger partial charge in [0.1, 0.15) is 12.6 Å². The number of carbonyl (C=O) groups is 3. The van der Waals surface area contributed by atoms with Crippen LogP contribution in [0, 0.1) is 0 Å². The Balaban J connectivity index is 1.32. The topological polar surface area (TPSA) is 123 Å². The van der Waals surface area contributed by atoms with Crippen LogP contribution in [0.1, 0.15) is 36.9 Å². The summed E-state index contributed by atoms with van der Waals surface area (Å²) in [5.74, 6) is -0.832. The van der Waals surface area contributed by atoms with E-state index in [1.165, 1.54) is 0 Å². The van der Waals surface area contributed by atoms with E-state index in [-0.39, 0.29) is 25.4 Å². The molecule has 1 heterocycles. The molecule has 3 rings (SSSR count). The number of alkyl carbamates (subject to hydrolysis) is 1. The Morgan fingerprint density at radius 2 is 1.68 bits per heavy atom. The molecule has 0 aliphatic heterocycles. The van der Waals surface area contributed by atoms with Crippen LogP contribution in [0.5, 0.6) is 0 Å². The highest BCUT2D eigenvalue weighted by Crippen LogP contribution is 2.13. The number of pyridine rings is 1. The smallest absolute Gasteiger partial charge is 0.407 e. The van der Waals surface area contributed by atoms with E-state index < -0.39 is 18.0 Å². The van der Waals surface area contributed by atoms with E-state index in [0.717, 1.165) is 22.9 Å². The molecule has 0 aliphatic rings. The highest BCUT2D eigenvalue weighted by atomic mass is 16.5. The summed E-state index contributed by atoms with van der Waals surface area (Å²) in [5.41, 5.74) is 7.94. The maximum Gasteiger partial charge on any atom is 0.407 e. The fraction of sp³-hybridized carbons (Fsp3) is 0.308. The molecule has 8 nitrogen and oxygen atoms in total. The Kier molecular flexibility index (Phi) is 9.40. The number of nitrogens with two attached hydrogens (primary N) is 1.